The lowest BCUT2D eigenvalue weighted by Crippen LogP contribution is -2.54. The molecule has 2 N–H and O–H groups in total. The molecule has 22 heavy (non-hydrogen) atoms. The molecular formula is C17H27N3O2. The molecule has 1 atom stereocenters. The molecule has 5 heteroatoms. The number of nitrogens with zero attached hydrogens (tertiary/aromatic N) is 2. The smallest absolute Gasteiger partial charge is 0.410 e. The van der Waals surface area contributed by atoms with Gasteiger partial charge in [0.15, 0.2) is 0 Å². The molecule has 1 saturated heterocycles. The standard InChI is InChI=1S/C17H27N3O2/c1-13-11-19(12-14-5-7-15(18)8-6-14)9-10-20(13)16(21)22-17(2,3)4/h5-8,13H,9-12,18H2,1-4H3/t13-/m1/s1. The lowest BCUT2D eigenvalue weighted by molar-refractivity contribution is 0.000563. The molecule has 1 aromatic rings. The zero-order chi connectivity index (χ0) is 16.3. The minimum absolute atomic E-state index is 0.150. The second-order valence-electron chi connectivity index (χ2n) is 7.00. The fourth-order valence-corrected chi connectivity index (χ4v) is 2.65. The quantitative estimate of drug-likeness (QED) is 0.854. The van der Waals surface area contributed by atoms with Crippen molar-refractivity contribution in [3.05, 3.63) is 29.8 Å². The highest BCUT2D eigenvalue weighted by molar-refractivity contribution is 5.68. The van der Waals surface area contributed by atoms with E-state index in [9.17, 15) is 4.79 Å². The minimum atomic E-state index is -0.447. The van der Waals surface area contributed by atoms with E-state index in [0.29, 0.717) is 6.54 Å². The molecule has 0 saturated carbocycles. The van der Waals surface area contributed by atoms with Gasteiger partial charge in [0, 0.05) is 37.9 Å². The number of carbonyl (C=O) groups excluding carboxylic acids is 1. The number of nitrogens with two attached hydrogens (primary N) is 1. The zero-order valence-electron chi connectivity index (χ0n) is 14.0. The molecule has 1 heterocycles. The van der Waals surface area contributed by atoms with Gasteiger partial charge in [-0.25, -0.2) is 4.79 Å². The van der Waals surface area contributed by atoms with Gasteiger partial charge in [0.2, 0.25) is 0 Å². The first-order chi connectivity index (χ1) is 10.2. The molecule has 5 nitrogen and oxygen atoms in total. The van der Waals surface area contributed by atoms with Crippen LogP contribution in [0.2, 0.25) is 0 Å². The summed E-state index contributed by atoms with van der Waals surface area (Å²) in [7, 11) is 0. The second kappa shape index (κ2) is 6.57. The molecular weight excluding hydrogens is 278 g/mol. The number of piperazine rings is 1. The number of rotatable bonds is 2. The van der Waals surface area contributed by atoms with Gasteiger partial charge in [0.05, 0.1) is 0 Å². The Morgan fingerprint density at radius 1 is 1.27 bits per heavy atom. The summed E-state index contributed by atoms with van der Waals surface area (Å²) in [6, 6.07) is 8.11. The average Bonchev–Trinajstić information content (AvgIpc) is 2.39. The molecule has 0 unspecified atom stereocenters. The molecule has 1 aliphatic heterocycles. The van der Waals surface area contributed by atoms with E-state index in [2.05, 4.69) is 24.0 Å². The fourth-order valence-electron chi connectivity index (χ4n) is 2.65. The summed E-state index contributed by atoms with van der Waals surface area (Å²) in [5, 5.41) is 0. The van der Waals surface area contributed by atoms with Crippen LogP contribution < -0.4 is 5.73 Å². The Kier molecular flexibility index (Phi) is 4.96. The van der Waals surface area contributed by atoms with Crippen LogP contribution >= 0.6 is 0 Å². The van der Waals surface area contributed by atoms with Crippen LogP contribution in [0.5, 0.6) is 0 Å². The van der Waals surface area contributed by atoms with E-state index in [0.717, 1.165) is 25.3 Å². The maximum Gasteiger partial charge on any atom is 0.410 e. The first-order valence-corrected chi connectivity index (χ1v) is 7.81. The van der Waals surface area contributed by atoms with Crippen LogP contribution in [0.15, 0.2) is 24.3 Å². The molecule has 0 bridgehead atoms. The Hall–Kier alpha value is -1.75. The summed E-state index contributed by atoms with van der Waals surface area (Å²) < 4.78 is 5.47. The van der Waals surface area contributed by atoms with Crippen LogP contribution in [0.4, 0.5) is 10.5 Å². The predicted molar refractivity (Wildman–Crippen MR) is 88.5 cm³/mol. The van der Waals surface area contributed by atoms with E-state index in [-0.39, 0.29) is 12.1 Å². The Morgan fingerprint density at radius 2 is 1.91 bits per heavy atom. The van der Waals surface area contributed by atoms with Gasteiger partial charge in [0.1, 0.15) is 5.60 Å². The van der Waals surface area contributed by atoms with E-state index in [1.54, 1.807) is 0 Å². The molecule has 0 spiro atoms. The van der Waals surface area contributed by atoms with Crippen molar-refractivity contribution in [1.82, 2.24) is 9.80 Å². The van der Waals surface area contributed by atoms with Crippen LogP contribution in [0, 0.1) is 0 Å². The van der Waals surface area contributed by atoms with Crippen molar-refractivity contribution in [3.63, 3.8) is 0 Å². The minimum Gasteiger partial charge on any atom is -0.444 e. The third kappa shape index (κ3) is 4.63. The number of ether oxygens (including phenoxy) is 1. The van der Waals surface area contributed by atoms with Gasteiger partial charge < -0.3 is 15.4 Å². The number of amides is 1. The van der Waals surface area contributed by atoms with Crippen molar-refractivity contribution in [2.24, 2.45) is 0 Å². The number of hydrogen-bond donors (Lipinski definition) is 1. The molecule has 2 rings (SSSR count). The van der Waals surface area contributed by atoms with Crippen LogP contribution in [-0.4, -0.2) is 47.2 Å². The number of anilines is 1. The maximum atomic E-state index is 12.2. The van der Waals surface area contributed by atoms with Gasteiger partial charge in [-0.05, 0) is 45.4 Å². The third-order valence-electron chi connectivity index (χ3n) is 3.73. The van der Waals surface area contributed by atoms with Gasteiger partial charge in [-0.1, -0.05) is 12.1 Å². The highest BCUT2D eigenvalue weighted by atomic mass is 16.6. The Balaban J connectivity index is 1.89. The van der Waals surface area contributed by atoms with E-state index < -0.39 is 5.60 Å². The molecule has 1 aromatic carbocycles. The first kappa shape index (κ1) is 16.6. The SMILES string of the molecule is C[C@@H]1CN(Cc2ccc(N)cc2)CCN1C(=O)OC(C)(C)C. The molecule has 0 radical (unpaired) electrons. The molecule has 0 aromatic heterocycles. The van der Waals surface area contributed by atoms with E-state index >= 15 is 0 Å². The monoisotopic (exact) mass is 305 g/mol. The first-order valence-electron chi connectivity index (χ1n) is 7.81. The Morgan fingerprint density at radius 3 is 2.45 bits per heavy atom. The van der Waals surface area contributed by atoms with Crippen molar-refractivity contribution in [2.75, 3.05) is 25.4 Å². The number of carbonyl (C=O) groups is 1. The fraction of sp³-hybridized carbons (Fsp3) is 0.588. The van der Waals surface area contributed by atoms with Crippen molar-refractivity contribution in [1.29, 1.82) is 0 Å². The van der Waals surface area contributed by atoms with Gasteiger partial charge in [0.25, 0.3) is 0 Å². The van der Waals surface area contributed by atoms with Gasteiger partial charge >= 0.3 is 6.09 Å². The average molecular weight is 305 g/mol. The lowest BCUT2D eigenvalue weighted by atomic mass is 10.1. The highest BCUT2D eigenvalue weighted by Gasteiger charge is 2.30. The highest BCUT2D eigenvalue weighted by Crippen LogP contribution is 2.17. The maximum absolute atomic E-state index is 12.2. The number of hydrogen-bond acceptors (Lipinski definition) is 4. The van der Waals surface area contributed by atoms with Crippen molar-refractivity contribution in [3.8, 4) is 0 Å². The second-order valence-corrected chi connectivity index (χ2v) is 7.00. The predicted octanol–water partition coefficient (Wildman–Crippen LogP) is 2.71. The molecule has 0 aliphatic carbocycles. The van der Waals surface area contributed by atoms with Crippen molar-refractivity contribution < 1.29 is 9.53 Å². The van der Waals surface area contributed by atoms with E-state index in [1.165, 1.54) is 5.56 Å². The van der Waals surface area contributed by atoms with Gasteiger partial charge in [-0.15, -0.1) is 0 Å². The van der Waals surface area contributed by atoms with E-state index in [4.69, 9.17) is 10.5 Å². The normalized spacial score (nSPS) is 20.0. The lowest BCUT2D eigenvalue weighted by Gasteiger charge is -2.40. The third-order valence-corrected chi connectivity index (χ3v) is 3.73. The van der Waals surface area contributed by atoms with Crippen LogP contribution in [0.3, 0.4) is 0 Å². The number of benzene rings is 1. The summed E-state index contributed by atoms with van der Waals surface area (Å²) in [6.45, 7) is 11.0. The van der Waals surface area contributed by atoms with Crippen molar-refractivity contribution in [2.45, 2.75) is 45.9 Å². The Bertz CT molecular complexity index is 508. The van der Waals surface area contributed by atoms with Gasteiger partial charge in [-0.3, -0.25) is 4.90 Å². The number of nitrogen functional groups attached to an aromatic ring is 1. The summed E-state index contributed by atoms with van der Waals surface area (Å²) in [5.74, 6) is 0. The molecule has 1 aliphatic rings. The topological polar surface area (TPSA) is 58.8 Å². The summed E-state index contributed by atoms with van der Waals surface area (Å²) in [6.07, 6.45) is -0.216. The molecule has 122 valence electrons. The van der Waals surface area contributed by atoms with E-state index in [1.807, 2.05) is 37.8 Å². The van der Waals surface area contributed by atoms with Gasteiger partial charge in [-0.2, -0.15) is 0 Å². The Labute approximate surface area is 133 Å². The van der Waals surface area contributed by atoms with Crippen molar-refractivity contribution >= 4 is 11.8 Å². The summed E-state index contributed by atoms with van der Waals surface area (Å²) in [5.41, 5.74) is 7.29. The summed E-state index contributed by atoms with van der Waals surface area (Å²) >= 11 is 0. The van der Waals surface area contributed by atoms with Crippen LogP contribution in [0.25, 0.3) is 0 Å². The van der Waals surface area contributed by atoms with Crippen LogP contribution in [0.1, 0.15) is 33.3 Å². The molecule has 1 amide bonds. The zero-order valence-corrected chi connectivity index (χ0v) is 14.0. The largest absolute Gasteiger partial charge is 0.444 e. The summed E-state index contributed by atoms with van der Waals surface area (Å²) in [4.78, 5) is 16.4. The molecule has 1 fully saturated rings. The van der Waals surface area contributed by atoms with Crippen LogP contribution in [-0.2, 0) is 11.3 Å².